The van der Waals surface area contributed by atoms with Crippen molar-refractivity contribution < 1.29 is 18.7 Å². The van der Waals surface area contributed by atoms with E-state index in [4.69, 9.17) is 4.74 Å². The fourth-order valence-electron chi connectivity index (χ4n) is 4.20. The first-order chi connectivity index (χ1) is 14.6. The predicted molar refractivity (Wildman–Crippen MR) is 113 cm³/mol. The van der Waals surface area contributed by atoms with Crippen molar-refractivity contribution in [1.29, 1.82) is 0 Å². The minimum Gasteiger partial charge on any atom is -0.492 e. The Kier molecular flexibility index (Phi) is 5.88. The van der Waals surface area contributed by atoms with Crippen LogP contribution >= 0.6 is 0 Å². The summed E-state index contributed by atoms with van der Waals surface area (Å²) < 4.78 is 19.8. The van der Waals surface area contributed by atoms with Crippen LogP contribution in [0.5, 0.6) is 5.75 Å². The normalized spacial score (nSPS) is 19.3. The number of amides is 2. The molecule has 2 heterocycles. The highest BCUT2D eigenvalue weighted by atomic mass is 19.1. The summed E-state index contributed by atoms with van der Waals surface area (Å²) in [6.07, 6.45) is 0.126. The van der Waals surface area contributed by atoms with Crippen LogP contribution in [-0.4, -0.2) is 56.0 Å². The van der Waals surface area contributed by atoms with Crippen molar-refractivity contribution >= 4 is 23.2 Å². The fraction of sp³-hybridized carbons (Fsp3) is 0.391. The van der Waals surface area contributed by atoms with Gasteiger partial charge in [0.25, 0.3) is 0 Å². The van der Waals surface area contributed by atoms with Gasteiger partial charge in [-0.1, -0.05) is 24.3 Å². The van der Waals surface area contributed by atoms with Gasteiger partial charge in [-0.25, -0.2) is 4.39 Å². The second-order valence-corrected chi connectivity index (χ2v) is 7.57. The van der Waals surface area contributed by atoms with Crippen LogP contribution in [0.2, 0.25) is 0 Å². The Hall–Kier alpha value is -3.09. The highest BCUT2D eigenvalue weighted by Crippen LogP contribution is 2.31. The number of carbonyl (C=O) groups is 2. The lowest BCUT2D eigenvalue weighted by molar-refractivity contribution is -0.136. The number of hydrogen-bond acceptors (Lipinski definition) is 4. The number of carbonyl (C=O) groups excluding carboxylic acids is 2. The molecule has 6 nitrogen and oxygen atoms in total. The average Bonchev–Trinajstić information content (AvgIpc) is 3.16. The Morgan fingerprint density at radius 3 is 2.40 bits per heavy atom. The van der Waals surface area contributed by atoms with Crippen molar-refractivity contribution in [3.8, 4) is 5.75 Å². The van der Waals surface area contributed by atoms with Crippen LogP contribution in [0.4, 0.5) is 15.8 Å². The minimum atomic E-state index is -0.444. The molecule has 0 saturated carbocycles. The van der Waals surface area contributed by atoms with E-state index in [0.717, 1.165) is 11.4 Å². The van der Waals surface area contributed by atoms with E-state index in [0.29, 0.717) is 32.8 Å². The zero-order chi connectivity index (χ0) is 21.1. The molecule has 2 saturated heterocycles. The summed E-state index contributed by atoms with van der Waals surface area (Å²) in [4.78, 5) is 30.9. The lowest BCUT2D eigenvalue weighted by Gasteiger charge is -2.37. The van der Waals surface area contributed by atoms with Gasteiger partial charge in [-0.05, 0) is 31.2 Å². The molecule has 0 aliphatic carbocycles. The van der Waals surface area contributed by atoms with E-state index in [9.17, 15) is 14.0 Å². The third-order valence-corrected chi connectivity index (χ3v) is 5.71. The summed E-state index contributed by atoms with van der Waals surface area (Å²) in [5, 5.41) is 0. The second-order valence-electron chi connectivity index (χ2n) is 7.57. The van der Waals surface area contributed by atoms with Crippen molar-refractivity contribution in [3.63, 3.8) is 0 Å². The molecule has 0 spiro atoms. The molecular weight excluding hydrogens is 385 g/mol. The molecule has 2 aromatic carbocycles. The Labute approximate surface area is 175 Å². The third kappa shape index (κ3) is 3.97. The molecule has 2 aliphatic heterocycles. The highest BCUT2D eigenvalue weighted by molar-refractivity contribution is 6.00. The summed E-state index contributed by atoms with van der Waals surface area (Å²) >= 11 is 0. The maximum Gasteiger partial charge on any atom is 0.228 e. The number of anilines is 2. The van der Waals surface area contributed by atoms with Crippen LogP contribution < -0.4 is 14.5 Å². The molecule has 7 heteroatoms. The zero-order valence-electron chi connectivity index (χ0n) is 17.1. The molecule has 4 rings (SSSR count). The molecule has 1 atom stereocenters. The van der Waals surface area contributed by atoms with Gasteiger partial charge in [0, 0.05) is 39.1 Å². The van der Waals surface area contributed by atoms with Gasteiger partial charge in [0.05, 0.1) is 23.9 Å². The summed E-state index contributed by atoms with van der Waals surface area (Å²) in [5.41, 5.74) is 1.28. The molecule has 0 bridgehead atoms. The number of hydrogen-bond donors (Lipinski definition) is 0. The molecular formula is C23H26FN3O3. The maximum absolute atomic E-state index is 14.1. The molecule has 158 valence electrons. The van der Waals surface area contributed by atoms with Crippen LogP contribution in [0.1, 0.15) is 13.3 Å². The van der Waals surface area contributed by atoms with Crippen LogP contribution in [0.25, 0.3) is 0 Å². The van der Waals surface area contributed by atoms with E-state index in [-0.39, 0.29) is 30.5 Å². The molecule has 2 fully saturated rings. The Balaban J connectivity index is 1.38. The smallest absolute Gasteiger partial charge is 0.228 e. The number of benzene rings is 2. The molecule has 0 radical (unpaired) electrons. The standard InChI is InChI=1S/C23H26FN3O3/c1-2-30-21-10-6-5-9-20(21)25-11-13-26(14-12-25)23(29)17-15-22(28)27(16-17)19-8-4-3-7-18(19)24/h3-10,17H,2,11-16H2,1H3/t17-/m0/s1. The third-order valence-electron chi connectivity index (χ3n) is 5.71. The topological polar surface area (TPSA) is 53.1 Å². The lowest BCUT2D eigenvalue weighted by atomic mass is 10.1. The molecule has 0 N–H and O–H groups in total. The van der Waals surface area contributed by atoms with Crippen molar-refractivity contribution in [3.05, 3.63) is 54.3 Å². The van der Waals surface area contributed by atoms with Crippen molar-refractivity contribution in [2.75, 3.05) is 49.1 Å². The maximum atomic E-state index is 14.1. The van der Waals surface area contributed by atoms with E-state index < -0.39 is 11.7 Å². The van der Waals surface area contributed by atoms with E-state index in [1.54, 1.807) is 18.2 Å². The van der Waals surface area contributed by atoms with Crippen molar-refractivity contribution in [1.82, 2.24) is 4.90 Å². The van der Waals surface area contributed by atoms with Crippen molar-refractivity contribution in [2.45, 2.75) is 13.3 Å². The van der Waals surface area contributed by atoms with Crippen LogP contribution in [0, 0.1) is 11.7 Å². The van der Waals surface area contributed by atoms with E-state index >= 15 is 0 Å². The highest BCUT2D eigenvalue weighted by Gasteiger charge is 2.38. The molecule has 2 amide bonds. The number of para-hydroxylation sites is 3. The Bertz CT molecular complexity index is 927. The second kappa shape index (κ2) is 8.73. The summed E-state index contributed by atoms with van der Waals surface area (Å²) in [6, 6.07) is 14.1. The average molecular weight is 411 g/mol. The number of piperazine rings is 1. The number of nitrogens with zero attached hydrogens (tertiary/aromatic N) is 3. The van der Waals surface area contributed by atoms with Crippen molar-refractivity contribution in [2.24, 2.45) is 5.92 Å². The molecule has 0 aromatic heterocycles. The quantitative estimate of drug-likeness (QED) is 0.759. The number of rotatable bonds is 5. The van der Waals surface area contributed by atoms with Gasteiger partial charge >= 0.3 is 0 Å². The number of ether oxygens (including phenoxy) is 1. The molecule has 0 unspecified atom stereocenters. The van der Waals surface area contributed by atoms with Gasteiger partial charge in [-0.3, -0.25) is 9.59 Å². The van der Waals surface area contributed by atoms with E-state index in [1.807, 2.05) is 36.1 Å². The van der Waals surface area contributed by atoms with E-state index in [1.165, 1.54) is 11.0 Å². The van der Waals surface area contributed by atoms with E-state index in [2.05, 4.69) is 4.90 Å². The van der Waals surface area contributed by atoms with Crippen LogP contribution in [0.15, 0.2) is 48.5 Å². The van der Waals surface area contributed by atoms with Gasteiger partial charge in [0.15, 0.2) is 0 Å². The zero-order valence-corrected chi connectivity index (χ0v) is 17.1. The predicted octanol–water partition coefficient (Wildman–Crippen LogP) is 2.93. The van der Waals surface area contributed by atoms with Crippen LogP contribution in [-0.2, 0) is 9.59 Å². The van der Waals surface area contributed by atoms with Gasteiger partial charge < -0.3 is 19.4 Å². The first-order valence-electron chi connectivity index (χ1n) is 10.4. The minimum absolute atomic E-state index is 0.0278. The summed E-state index contributed by atoms with van der Waals surface area (Å²) in [5.74, 6) is -0.260. The lowest BCUT2D eigenvalue weighted by Crippen LogP contribution is -2.50. The number of halogens is 1. The Morgan fingerprint density at radius 2 is 1.70 bits per heavy atom. The first kappa shape index (κ1) is 20.2. The summed E-state index contributed by atoms with van der Waals surface area (Å²) in [7, 11) is 0. The fourth-order valence-corrected chi connectivity index (χ4v) is 4.20. The van der Waals surface area contributed by atoms with Gasteiger partial charge in [0.2, 0.25) is 11.8 Å². The van der Waals surface area contributed by atoms with Crippen LogP contribution in [0.3, 0.4) is 0 Å². The summed E-state index contributed by atoms with van der Waals surface area (Å²) in [6.45, 7) is 5.37. The molecule has 2 aliphatic rings. The Morgan fingerprint density at radius 1 is 1.03 bits per heavy atom. The largest absolute Gasteiger partial charge is 0.492 e. The molecule has 30 heavy (non-hydrogen) atoms. The first-order valence-corrected chi connectivity index (χ1v) is 10.4. The SMILES string of the molecule is CCOc1ccccc1N1CCN(C(=O)[C@H]2CC(=O)N(c3ccccc3F)C2)CC1. The van der Waals surface area contributed by atoms with Gasteiger partial charge in [0.1, 0.15) is 11.6 Å². The van der Waals surface area contributed by atoms with Gasteiger partial charge in [-0.2, -0.15) is 0 Å². The molecule has 2 aromatic rings. The monoisotopic (exact) mass is 411 g/mol. The van der Waals surface area contributed by atoms with Gasteiger partial charge in [-0.15, -0.1) is 0 Å².